The Kier molecular flexibility index (Phi) is 15.1. The number of rotatable bonds is 16. The average molecular weight is 363 g/mol. The van der Waals surface area contributed by atoms with E-state index in [9.17, 15) is 15.0 Å². The average Bonchev–Trinajstić information content (AvgIpc) is 2.58. The summed E-state index contributed by atoms with van der Waals surface area (Å²) in [5.74, 6) is 0.151. The molecule has 0 aromatic carbocycles. The van der Waals surface area contributed by atoms with Crippen molar-refractivity contribution in [3.05, 3.63) is 0 Å². The second-order valence-corrected chi connectivity index (χ2v) is 6.29. The maximum absolute atomic E-state index is 11.8. The minimum absolute atomic E-state index is 0.0533. The van der Waals surface area contributed by atoms with Crippen molar-refractivity contribution in [2.24, 2.45) is 5.92 Å². The lowest BCUT2D eigenvalue weighted by Gasteiger charge is -2.16. The van der Waals surface area contributed by atoms with Gasteiger partial charge in [0.1, 0.15) is 0 Å². The second-order valence-electron chi connectivity index (χ2n) is 6.29. The van der Waals surface area contributed by atoms with Gasteiger partial charge in [-0.3, -0.25) is 4.79 Å². The molecule has 0 saturated carbocycles. The number of nitrogens with one attached hydrogen (secondary N) is 1. The lowest BCUT2D eigenvalue weighted by Crippen LogP contribution is -2.30. The number of aliphatic hydroxyl groups excluding tert-OH is 2. The molecule has 25 heavy (non-hydrogen) atoms. The number of carbonyl (C=O) groups is 1. The Bertz CT molecular complexity index is 334. The molecule has 0 rings (SSSR count). The Labute approximate surface area is 150 Å². The van der Waals surface area contributed by atoms with E-state index in [1.807, 2.05) is 6.92 Å². The van der Waals surface area contributed by atoms with E-state index in [-0.39, 0.29) is 25.0 Å². The summed E-state index contributed by atoms with van der Waals surface area (Å²) < 4.78 is 9.43. The molecule has 8 nitrogen and oxygen atoms in total. The van der Waals surface area contributed by atoms with Crippen LogP contribution in [-0.4, -0.2) is 65.6 Å². The summed E-state index contributed by atoms with van der Waals surface area (Å²) >= 11 is 0. The van der Waals surface area contributed by atoms with Crippen LogP contribution in [0, 0.1) is 5.92 Å². The highest BCUT2D eigenvalue weighted by Gasteiger charge is 2.14. The van der Waals surface area contributed by atoms with Gasteiger partial charge in [-0.2, -0.15) is 0 Å². The van der Waals surface area contributed by atoms with E-state index in [2.05, 4.69) is 16.9 Å². The highest BCUT2D eigenvalue weighted by atomic mass is 16.6. The largest absolute Gasteiger partial charge is 0.633 e. The standard InChI is InChI=1S/C16H34BNO7/c1-3-4-8-13(2)16(21)18-10-7-5-6-9-15(20)24-11-14(19)12-25-17(22)23/h13-15,19-20,22-23H,3-12H2,1-2H3,(H,18,21). The van der Waals surface area contributed by atoms with Gasteiger partial charge in [0.05, 0.1) is 19.3 Å². The van der Waals surface area contributed by atoms with Crippen LogP contribution in [0.1, 0.15) is 58.8 Å². The smallest absolute Gasteiger partial charge is 0.402 e. The molecule has 0 spiro atoms. The fourth-order valence-corrected chi connectivity index (χ4v) is 2.20. The molecular formula is C16H34BNO7. The van der Waals surface area contributed by atoms with Crippen molar-refractivity contribution in [3.63, 3.8) is 0 Å². The van der Waals surface area contributed by atoms with E-state index >= 15 is 0 Å². The van der Waals surface area contributed by atoms with Gasteiger partial charge in [-0.15, -0.1) is 0 Å². The zero-order chi connectivity index (χ0) is 19.1. The molecule has 9 heteroatoms. The molecule has 0 aromatic heterocycles. The molecule has 0 fully saturated rings. The zero-order valence-corrected chi connectivity index (χ0v) is 15.4. The van der Waals surface area contributed by atoms with Crippen LogP contribution in [0.25, 0.3) is 0 Å². The SMILES string of the molecule is CCCCC(C)C(=O)NCCCCCC(O)OCC(O)COB(O)O. The van der Waals surface area contributed by atoms with Crippen molar-refractivity contribution < 1.29 is 34.4 Å². The number of amides is 1. The molecule has 0 radical (unpaired) electrons. The summed E-state index contributed by atoms with van der Waals surface area (Å²) in [6.07, 6.45) is 3.90. The molecule has 0 saturated heterocycles. The third-order valence-electron chi connectivity index (χ3n) is 3.78. The first-order valence-electron chi connectivity index (χ1n) is 9.10. The summed E-state index contributed by atoms with van der Waals surface area (Å²) in [4.78, 5) is 11.8. The quantitative estimate of drug-likeness (QED) is 0.150. The maximum Gasteiger partial charge on any atom is 0.633 e. The topological polar surface area (TPSA) is 128 Å². The van der Waals surface area contributed by atoms with Crippen molar-refractivity contribution in [1.29, 1.82) is 0 Å². The van der Waals surface area contributed by atoms with Gasteiger partial charge in [-0.1, -0.05) is 33.1 Å². The minimum atomic E-state index is -1.94. The summed E-state index contributed by atoms with van der Waals surface area (Å²) in [5, 5.41) is 38.9. The van der Waals surface area contributed by atoms with Crippen molar-refractivity contribution in [2.45, 2.75) is 71.2 Å². The van der Waals surface area contributed by atoms with Gasteiger partial charge < -0.3 is 35.0 Å². The van der Waals surface area contributed by atoms with Gasteiger partial charge in [0.15, 0.2) is 6.29 Å². The number of carbonyl (C=O) groups excluding carboxylic acids is 1. The number of hydrogen-bond acceptors (Lipinski definition) is 7. The third-order valence-corrected chi connectivity index (χ3v) is 3.78. The number of unbranched alkanes of at least 4 members (excludes halogenated alkanes) is 3. The summed E-state index contributed by atoms with van der Waals surface area (Å²) in [6.45, 7) is 4.24. The van der Waals surface area contributed by atoms with Crippen LogP contribution in [0.5, 0.6) is 0 Å². The number of hydrogen-bond donors (Lipinski definition) is 5. The van der Waals surface area contributed by atoms with E-state index in [4.69, 9.17) is 14.8 Å². The van der Waals surface area contributed by atoms with Crippen molar-refractivity contribution in [3.8, 4) is 0 Å². The first kappa shape index (κ1) is 24.3. The molecular weight excluding hydrogens is 329 g/mol. The van der Waals surface area contributed by atoms with Crippen molar-refractivity contribution in [1.82, 2.24) is 5.32 Å². The molecule has 1 amide bonds. The normalized spacial score (nSPS) is 14.8. The van der Waals surface area contributed by atoms with Gasteiger partial charge in [-0.25, -0.2) is 0 Å². The summed E-state index contributed by atoms with van der Waals surface area (Å²) in [5.41, 5.74) is 0. The third kappa shape index (κ3) is 15.3. The van der Waals surface area contributed by atoms with Crippen molar-refractivity contribution in [2.75, 3.05) is 19.8 Å². The van der Waals surface area contributed by atoms with Gasteiger partial charge in [0.25, 0.3) is 0 Å². The van der Waals surface area contributed by atoms with Crippen LogP contribution in [-0.2, 0) is 14.2 Å². The fourth-order valence-electron chi connectivity index (χ4n) is 2.20. The Balaban J connectivity index is 3.53. The van der Waals surface area contributed by atoms with E-state index in [0.717, 1.165) is 38.5 Å². The lowest BCUT2D eigenvalue weighted by atomic mass is 10.0. The lowest BCUT2D eigenvalue weighted by molar-refractivity contribution is -0.130. The first-order chi connectivity index (χ1) is 11.9. The van der Waals surface area contributed by atoms with Crippen LogP contribution in [0.2, 0.25) is 0 Å². The molecule has 0 aliphatic carbocycles. The predicted molar refractivity (Wildman–Crippen MR) is 94.3 cm³/mol. The van der Waals surface area contributed by atoms with Gasteiger partial charge in [0.2, 0.25) is 5.91 Å². The zero-order valence-electron chi connectivity index (χ0n) is 15.4. The molecule has 148 valence electrons. The molecule has 0 aliphatic heterocycles. The second kappa shape index (κ2) is 15.5. The van der Waals surface area contributed by atoms with Crippen LogP contribution < -0.4 is 5.32 Å². The fraction of sp³-hybridized carbons (Fsp3) is 0.938. The van der Waals surface area contributed by atoms with E-state index < -0.39 is 19.7 Å². The monoisotopic (exact) mass is 363 g/mol. The highest BCUT2D eigenvalue weighted by Crippen LogP contribution is 2.08. The minimum Gasteiger partial charge on any atom is -0.402 e. The Morgan fingerprint density at radius 2 is 1.80 bits per heavy atom. The van der Waals surface area contributed by atoms with Gasteiger partial charge in [-0.05, 0) is 25.7 Å². The summed E-state index contributed by atoms with van der Waals surface area (Å²) in [6, 6.07) is 0. The summed E-state index contributed by atoms with van der Waals surface area (Å²) in [7, 11) is -1.94. The van der Waals surface area contributed by atoms with E-state index in [1.165, 1.54) is 0 Å². The van der Waals surface area contributed by atoms with Crippen LogP contribution >= 0.6 is 0 Å². The molecule has 3 unspecified atom stereocenters. The first-order valence-corrected chi connectivity index (χ1v) is 9.10. The maximum atomic E-state index is 11.8. The van der Waals surface area contributed by atoms with Crippen LogP contribution in [0.15, 0.2) is 0 Å². The van der Waals surface area contributed by atoms with Crippen LogP contribution in [0.3, 0.4) is 0 Å². The Morgan fingerprint density at radius 1 is 1.08 bits per heavy atom. The number of aliphatic hydroxyl groups is 2. The molecule has 0 aliphatic rings. The molecule has 5 N–H and O–H groups in total. The molecule has 0 heterocycles. The van der Waals surface area contributed by atoms with Crippen LogP contribution in [0.4, 0.5) is 0 Å². The van der Waals surface area contributed by atoms with Gasteiger partial charge >= 0.3 is 7.32 Å². The van der Waals surface area contributed by atoms with E-state index in [0.29, 0.717) is 13.0 Å². The van der Waals surface area contributed by atoms with E-state index in [1.54, 1.807) is 0 Å². The Hall–Kier alpha value is -0.705. The number of ether oxygens (including phenoxy) is 1. The highest BCUT2D eigenvalue weighted by molar-refractivity contribution is 6.32. The van der Waals surface area contributed by atoms with Crippen molar-refractivity contribution >= 4 is 13.2 Å². The Morgan fingerprint density at radius 3 is 2.44 bits per heavy atom. The predicted octanol–water partition coefficient (Wildman–Crippen LogP) is 0.171. The molecule has 3 atom stereocenters. The molecule has 0 aromatic rings. The van der Waals surface area contributed by atoms with Gasteiger partial charge in [0, 0.05) is 12.5 Å². The molecule has 0 bridgehead atoms.